The molecule has 0 radical (unpaired) electrons. The maximum absolute atomic E-state index is 10.3. The van der Waals surface area contributed by atoms with E-state index in [0.29, 0.717) is 12.0 Å². The molecular formula is C6H9NO2. The van der Waals surface area contributed by atoms with Crippen LogP contribution in [0, 0.1) is 0 Å². The lowest BCUT2D eigenvalue weighted by atomic mass is 10.4. The molecule has 9 heavy (non-hydrogen) atoms. The first-order valence-corrected chi connectivity index (χ1v) is 2.56. The van der Waals surface area contributed by atoms with Crippen molar-refractivity contribution in [1.82, 2.24) is 5.32 Å². The highest BCUT2D eigenvalue weighted by Crippen LogP contribution is 1.81. The Kier molecular flexibility index (Phi) is 3.35. The van der Waals surface area contributed by atoms with Crippen LogP contribution in [0.25, 0.3) is 0 Å². The summed E-state index contributed by atoms with van der Waals surface area (Å²) in [5.41, 5.74) is 0.567. The second-order valence-electron chi connectivity index (χ2n) is 1.67. The summed E-state index contributed by atoms with van der Waals surface area (Å²) in [5.74, 6) is -0.161. The van der Waals surface area contributed by atoms with E-state index < -0.39 is 0 Å². The van der Waals surface area contributed by atoms with Crippen LogP contribution >= 0.6 is 0 Å². The number of hydrogen-bond acceptors (Lipinski definition) is 2. The van der Waals surface area contributed by atoms with Crippen LogP contribution in [0.1, 0.15) is 13.8 Å². The monoisotopic (exact) mass is 127 g/mol. The lowest BCUT2D eigenvalue weighted by molar-refractivity contribution is -0.118. The van der Waals surface area contributed by atoms with Crippen molar-refractivity contribution >= 4 is 12.2 Å². The molecule has 3 nitrogen and oxygen atoms in total. The van der Waals surface area contributed by atoms with Gasteiger partial charge in [-0.2, -0.15) is 0 Å². The van der Waals surface area contributed by atoms with Crippen molar-refractivity contribution in [3.8, 4) is 0 Å². The van der Waals surface area contributed by atoms with Gasteiger partial charge in [-0.3, -0.25) is 9.59 Å². The largest absolute Gasteiger partial charge is 0.330 e. The topological polar surface area (TPSA) is 46.2 Å². The Labute approximate surface area is 53.7 Å². The summed E-state index contributed by atoms with van der Waals surface area (Å²) in [4.78, 5) is 20.0. The average molecular weight is 127 g/mol. The molecule has 0 aromatic carbocycles. The highest BCUT2D eigenvalue weighted by molar-refractivity contribution is 5.76. The molecule has 0 heterocycles. The van der Waals surface area contributed by atoms with E-state index in [0.717, 1.165) is 0 Å². The van der Waals surface area contributed by atoms with E-state index >= 15 is 0 Å². The minimum absolute atomic E-state index is 0.161. The minimum atomic E-state index is -0.161. The lowest BCUT2D eigenvalue weighted by Gasteiger charge is -1.96. The molecular weight excluding hydrogens is 118 g/mol. The first kappa shape index (κ1) is 7.88. The van der Waals surface area contributed by atoms with Gasteiger partial charge in [-0.25, -0.2) is 0 Å². The molecule has 50 valence electrons. The zero-order chi connectivity index (χ0) is 7.28. The molecule has 0 aliphatic heterocycles. The quantitative estimate of drug-likeness (QED) is 0.426. The first-order valence-electron chi connectivity index (χ1n) is 2.56. The van der Waals surface area contributed by atoms with E-state index in [-0.39, 0.29) is 5.91 Å². The summed E-state index contributed by atoms with van der Waals surface area (Å²) < 4.78 is 0. The van der Waals surface area contributed by atoms with Crippen LogP contribution in [-0.4, -0.2) is 12.2 Å². The number of nitrogens with one attached hydrogen (secondary N) is 1. The van der Waals surface area contributed by atoms with Gasteiger partial charge in [0.15, 0.2) is 0 Å². The zero-order valence-corrected chi connectivity index (χ0v) is 5.47. The van der Waals surface area contributed by atoms with Crippen LogP contribution in [0.2, 0.25) is 0 Å². The van der Waals surface area contributed by atoms with Crippen molar-refractivity contribution in [2.75, 3.05) is 0 Å². The molecule has 1 N–H and O–H groups in total. The Morgan fingerprint density at radius 1 is 1.44 bits per heavy atom. The summed E-state index contributed by atoms with van der Waals surface area (Å²) >= 11 is 0. The Balaban J connectivity index is 3.75. The Hall–Kier alpha value is -1.12. The molecule has 0 fully saturated rings. The second-order valence-corrected chi connectivity index (χ2v) is 1.67. The molecule has 0 aromatic heterocycles. The van der Waals surface area contributed by atoms with Gasteiger partial charge >= 0.3 is 0 Å². The van der Waals surface area contributed by atoms with Gasteiger partial charge < -0.3 is 5.32 Å². The number of rotatable bonds is 2. The fraction of sp³-hybridized carbons (Fsp3) is 0.333. The van der Waals surface area contributed by atoms with Crippen molar-refractivity contribution in [2.24, 2.45) is 0 Å². The zero-order valence-electron chi connectivity index (χ0n) is 5.47. The molecule has 0 aromatic rings. The van der Waals surface area contributed by atoms with E-state index in [1.54, 1.807) is 6.92 Å². The third kappa shape index (κ3) is 4.74. The van der Waals surface area contributed by atoms with Gasteiger partial charge in [0.1, 0.15) is 6.29 Å². The molecule has 0 bridgehead atoms. The van der Waals surface area contributed by atoms with Gasteiger partial charge in [-0.15, -0.1) is 0 Å². The molecule has 3 heteroatoms. The number of allylic oxidation sites excluding steroid dienone is 2. The van der Waals surface area contributed by atoms with Gasteiger partial charge in [0.2, 0.25) is 5.91 Å². The maximum Gasteiger partial charge on any atom is 0.220 e. The maximum atomic E-state index is 10.3. The van der Waals surface area contributed by atoms with Crippen molar-refractivity contribution in [3.63, 3.8) is 0 Å². The van der Waals surface area contributed by atoms with E-state index in [9.17, 15) is 9.59 Å². The first-order chi connectivity index (χ1) is 4.16. The number of amides is 1. The molecule has 0 rings (SSSR count). The Morgan fingerprint density at radius 3 is 2.33 bits per heavy atom. The van der Waals surface area contributed by atoms with Gasteiger partial charge in [0.25, 0.3) is 0 Å². The molecule has 0 aliphatic rings. The molecule has 0 unspecified atom stereocenters. The van der Waals surface area contributed by atoms with Crippen LogP contribution in [0.3, 0.4) is 0 Å². The van der Waals surface area contributed by atoms with Crippen molar-refractivity contribution in [3.05, 3.63) is 11.8 Å². The van der Waals surface area contributed by atoms with Gasteiger partial charge in [-0.05, 0) is 13.0 Å². The van der Waals surface area contributed by atoms with Crippen LogP contribution in [-0.2, 0) is 9.59 Å². The predicted octanol–water partition coefficient (Wildman–Crippen LogP) is 0.225. The van der Waals surface area contributed by atoms with Crippen LogP contribution in [0.4, 0.5) is 0 Å². The average Bonchev–Trinajstić information content (AvgIpc) is 1.63. The summed E-state index contributed by atoms with van der Waals surface area (Å²) in [6.45, 7) is 3.04. The molecule has 0 spiro atoms. The normalized spacial score (nSPS) is 10.7. The number of aldehydes is 1. The van der Waals surface area contributed by atoms with Gasteiger partial charge in [-0.1, -0.05) is 0 Å². The van der Waals surface area contributed by atoms with Crippen LogP contribution in [0.15, 0.2) is 11.8 Å². The van der Waals surface area contributed by atoms with Gasteiger partial charge in [0, 0.05) is 12.6 Å². The second kappa shape index (κ2) is 3.83. The fourth-order valence-electron chi connectivity index (χ4n) is 0.421. The molecule has 0 saturated carbocycles. The summed E-state index contributed by atoms with van der Waals surface area (Å²) in [6.07, 6.45) is 1.92. The van der Waals surface area contributed by atoms with E-state index in [1.807, 2.05) is 0 Å². The lowest BCUT2D eigenvalue weighted by Crippen LogP contribution is -2.16. The molecule has 1 amide bonds. The number of carbonyl (C=O) groups is 2. The number of carbonyl (C=O) groups excluding carboxylic acids is 2. The SMILES string of the molecule is CC(=O)N/C(C)=C/C=O. The fourth-order valence-corrected chi connectivity index (χ4v) is 0.421. The highest BCUT2D eigenvalue weighted by atomic mass is 16.1. The van der Waals surface area contributed by atoms with E-state index in [4.69, 9.17) is 0 Å². The standard InChI is InChI=1S/C6H9NO2/c1-5(3-4-8)7-6(2)9/h3-4H,1-2H3,(H,7,9)/b5-3+. The summed E-state index contributed by atoms with van der Waals surface area (Å²) in [6, 6.07) is 0. The van der Waals surface area contributed by atoms with E-state index in [2.05, 4.69) is 5.32 Å². The molecule has 0 aliphatic carbocycles. The van der Waals surface area contributed by atoms with Crippen molar-refractivity contribution in [2.45, 2.75) is 13.8 Å². The third-order valence-electron chi connectivity index (χ3n) is 0.691. The van der Waals surface area contributed by atoms with Gasteiger partial charge in [0.05, 0.1) is 0 Å². The highest BCUT2D eigenvalue weighted by Gasteiger charge is 1.88. The van der Waals surface area contributed by atoms with Crippen molar-refractivity contribution in [1.29, 1.82) is 0 Å². The number of hydrogen-bond donors (Lipinski definition) is 1. The summed E-state index contributed by atoms with van der Waals surface area (Å²) in [7, 11) is 0. The van der Waals surface area contributed by atoms with Crippen LogP contribution < -0.4 is 5.32 Å². The summed E-state index contributed by atoms with van der Waals surface area (Å²) in [5, 5.41) is 2.43. The van der Waals surface area contributed by atoms with Crippen LogP contribution in [0.5, 0.6) is 0 Å². The minimum Gasteiger partial charge on any atom is -0.330 e. The van der Waals surface area contributed by atoms with E-state index in [1.165, 1.54) is 13.0 Å². The predicted molar refractivity (Wildman–Crippen MR) is 33.6 cm³/mol. The third-order valence-corrected chi connectivity index (χ3v) is 0.691. The molecule has 0 atom stereocenters. The molecule has 0 saturated heterocycles. The Bertz CT molecular complexity index is 149. The Morgan fingerprint density at radius 2 is 2.00 bits per heavy atom. The smallest absolute Gasteiger partial charge is 0.220 e. The van der Waals surface area contributed by atoms with Crippen molar-refractivity contribution < 1.29 is 9.59 Å².